The zero-order chi connectivity index (χ0) is 13.3. The summed E-state index contributed by atoms with van der Waals surface area (Å²) in [5.41, 5.74) is 0.538. The Balaban J connectivity index is 2.37. The number of aryl methyl sites for hydroxylation is 1. The predicted molar refractivity (Wildman–Crippen MR) is 69.1 cm³/mol. The van der Waals surface area contributed by atoms with E-state index >= 15 is 0 Å². The number of hydrogen-bond acceptors (Lipinski definition) is 5. The van der Waals surface area contributed by atoms with Crippen molar-refractivity contribution in [3.05, 3.63) is 27.5 Å². The van der Waals surface area contributed by atoms with Gasteiger partial charge in [-0.1, -0.05) is 0 Å². The van der Waals surface area contributed by atoms with Gasteiger partial charge in [-0.05, 0) is 50.2 Å². The van der Waals surface area contributed by atoms with Gasteiger partial charge in [-0.3, -0.25) is 4.57 Å². The van der Waals surface area contributed by atoms with E-state index in [0.29, 0.717) is 10.2 Å². The Bertz CT molecular complexity index is 601. The van der Waals surface area contributed by atoms with Crippen molar-refractivity contribution in [3.63, 3.8) is 0 Å². The van der Waals surface area contributed by atoms with Crippen LogP contribution in [-0.2, 0) is 0 Å². The largest absolute Gasteiger partial charge is 0.344 e. The van der Waals surface area contributed by atoms with Gasteiger partial charge in [-0.2, -0.15) is 0 Å². The molecule has 0 aliphatic heterocycles. The van der Waals surface area contributed by atoms with Crippen LogP contribution in [0.25, 0.3) is 0 Å². The minimum absolute atomic E-state index is 0.0251. The highest BCUT2D eigenvalue weighted by Gasteiger charge is 2.13. The number of aromatic amines is 1. The second kappa shape index (κ2) is 5.11. The van der Waals surface area contributed by atoms with E-state index < -0.39 is 0 Å². The number of nitrogens with zero attached hydrogens (tertiary/aromatic N) is 4. The molecular weight excluding hydrogens is 274 g/mol. The molecule has 2 aromatic heterocycles. The Morgan fingerprint density at radius 3 is 2.78 bits per heavy atom. The van der Waals surface area contributed by atoms with E-state index in [-0.39, 0.29) is 17.0 Å². The topological polar surface area (TPSA) is 76.5 Å². The second-order valence-corrected chi connectivity index (χ2v) is 5.32. The first-order valence-electron chi connectivity index (χ1n) is 5.33. The van der Waals surface area contributed by atoms with Gasteiger partial charge in [-0.25, -0.2) is 19.9 Å². The van der Waals surface area contributed by atoms with E-state index in [1.165, 1.54) is 11.8 Å². The first-order chi connectivity index (χ1) is 8.47. The molecule has 2 heterocycles. The lowest BCUT2D eigenvalue weighted by Gasteiger charge is -2.08. The molecule has 0 atom stereocenters. The van der Waals surface area contributed by atoms with Gasteiger partial charge < -0.3 is 0 Å². The zero-order valence-electron chi connectivity index (χ0n) is 10.1. The maximum absolute atomic E-state index is 11.6. The van der Waals surface area contributed by atoms with E-state index in [4.69, 9.17) is 11.6 Å². The first kappa shape index (κ1) is 13.1. The molecule has 0 saturated carbocycles. The highest BCUT2D eigenvalue weighted by Crippen LogP contribution is 2.25. The fourth-order valence-corrected chi connectivity index (χ4v) is 2.77. The Hall–Kier alpha value is -1.34. The summed E-state index contributed by atoms with van der Waals surface area (Å²) in [5, 5.41) is 7.81. The molecule has 2 aromatic rings. The van der Waals surface area contributed by atoms with Crippen LogP contribution in [0.2, 0.25) is 5.28 Å². The molecular formula is C10H12ClN5OS. The molecule has 8 heteroatoms. The number of hydrogen-bond donors (Lipinski definition) is 1. The number of rotatable bonds is 3. The lowest BCUT2D eigenvalue weighted by Crippen LogP contribution is -2.19. The van der Waals surface area contributed by atoms with Gasteiger partial charge in [-0.15, -0.1) is 5.10 Å². The Morgan fingerprint density at radius 1 is 1.44 bits per heavy atom. The molecule has 1 N–H and O–H groups in total. The van der Waals surface area contributed by atoms with Gasteiger partial charge in [0.15, 0.2) is 5.16 Å². The van der Waals surface area contributed by atoms with Gasteiger partial charge in [0.2, 0.25) is 5.28 Å². The SMILES string of the molecule is Cc1cc(Sc2n[nH]c(=O)n2C(C)C)nc(Cl)n1. The molecule has 96 valence electrons. The summed E-state index contributed by atoms with van der Waals surface area (Å²) in [6.45, 7) is 5.66. The quantitative estimate of drug-likeness (QED) is 0.690. The van der Waals surface area contributed by atoms with Crippen molar-refractivity contribution in [2.45, 2.75) is 37.0 Å². The van der Waals surface area contributed by atoms with Crippen LogP contribution in [0.15, 0.2) is 21.0 Å². The lowest BCUT2D eigenvalue weighted by molar-refractivity contribution is 0.534. The zero-order valence-corrected chi connectivity index (χ0v) is 11.7. The first-order valence-corrected chi connectivity index (χ1v) is 6.52. The minimum Gasteiger partial charge on any atom is -0.267 e. The summed E-state index contributed by atoms with van der Waals surface area (Å²) in [4.78, 5) is 19.6. The molecule has 18 heavy (non-hydrogen) atoms. The van der Waals surface area contributed by atoms with Crippen LogP contribution in [0.4, 0.5) is 0 Å². The summed E-state index contributed by atoms with van der Waals surface area (Å²) in [6, 6.07) is 1.82. The third-order valence-corrected chi connectivity index (χ3v) is 3.25. The molecule has 0 aliphatic rings. The minimum atomic E-state index is -0.232. The van der Waals surface area contributed by atoms with Crippen molar-refractivity contribution in [3.8, 4) is 0 Å². The Kier molecular flexibility index (Phi) is 3.72. The van der Waals surface area contributed by atoms with Gasteiger partial charge in [0.25, 0.3) is 0 Å². The van der Waals surface area contributed by atoms with Crippen LogP contribution >= 0.6 is 23.4 Å². The van der Waals surface area contributed by atoms with Gasteiger partial charge in [0, 0.05) is 11.7 Å². The van der Waals surface area contributed by atoms with Crippen molar-refractivity contribution in [1.82, 2.24) is 24.7 Å². The van der Waals surface area contributed by atoms with Crippen LogP contribution in [0.1, 0.15) is 25.6 Å². The summed E-state index contributed by atoms with van der Waals surface area (Å²) < 4.78 is 1.57. The predicted octanol–water partition coefficient (Wildman–Crippen LogP) is 2.06. The molecule has 0 fully saturated rings. The number of nitrogens with one attached hydrogen (secondary N) is 1. The van der Waals surface area contributed by atoms with Gasteiger partial charge >= 0.3 is 5.69 Å². The van der Waals surface area contributed by atoms with Crippen LogP contribution < -0.4 is 5.69 Å². The van der Waals surface area contributed by atoms with Crippen LogP contribution in [-0.4, -0.2) is 24.7 Å². The van der Waals surface area contributed by atoms with E-state index in [1.807, 2.05) is 20.8 Å². The monoisotopic (exact) mass is 285 g/mol. The molecule has 0 amide bonds. The van der Waals surface area contributed by atoms with Crippen LogP contribution in [0, 0.1) is 6.92 Å². The molecule has 0 bridgehead atoms. The summed E-state index contributed by atoms with van der Waals surface area (Å²) in [5.74, 6) is 0. The average Bonchev–Trinajstić information content (AvgIpc) is 2.57. The van der Waals surface area contributed by atoms with E-state index in [0.717, 1.165) is 5.69 Å². The average molecular weight is 286 g/mol. The fourth-order valence-electron chi connectivity index (χ4n) is 1.47. The normalized spacial score (nSPS) is 11.2. The van der Waals surface area contributed by atoms with Crippen molar-refractivity contribution in [2.75, 3.05) is 0 Å². The second-order valence-electron chi connectivity index (χ2n) is 3.99. The van der Waals surface area contributed by atoms with E-state index in [9.17, 15) is 4.79 Å². The molecule has 2 rings (SSSR count). The molecule has 0 aliphatic carbocycles. The number of aromatic nitrogens is 5. The summed E-state index contributed by atoms with van der Waals surface area (Å²) in [6.07, 6.45) is 0. The van der Waals surface area contributed by atoms with E-state index in [1.54, 1.807) is 10.6 Å². The molecule has 6 nitrogen and oxygen atoms in total. The maximum atomic E-state index is 11.6. The standard InChI is InChI=1S/C10H12ClN5OS/c1-5(2)16-9(17)14-15-10(16)18-7-4-6(3)12-8(11)13-7/h4-5H,1-3H3,(H,14,17). The highest BCUT2D eigenvalue weighted by molar-refractivity contribution is 7.99. The third-order valence-electron chi connectivity index (χ3n) is 2.19. The summed E-state index contributed by atoms with van der Waals surface area (Å²) in [7, 11) is 0. The number of H-pyrrole nitrogens is 1. The smallest absolute Gasteiger partial charge is 0.267 e. The van der Waals surface area contributed by atoms with E-state index in [2.05, 4.69) is 20.2 Å². The molecule has 0 unspecified atom stereocenters. The van der Waals surface area contributed by atoms with Crippen molar-refractivity contribution in [2.24, 2.45) is 0 Å². The highest BCUT2D eigenvalue weighted by atomic mass is 35.5. The van der Waals surface area contributed by atoms with Crippen LogP contribution in [0.5, 0.6) is 0 Å². The maximum Gasteiger partial charge on any atom is 0.344 e. The lowest BCUT2D eigenvalue weighted by atomic mass is 10.4. The van der Waals surface area contributed by atoms with Gasteiger partial charge in [0.05, 0.1) is 0 Å². The van der Waals surface area contributed by atoms with Crippen LogP contribution in [0.3, 0.4) is 0 Å². The Labute approximate surface area is 113 Å². The molecule has 0 radical (unpaired) electrons. The van der Waals surface area contributed by atoms with Crippen molar-refractivity contribution < 1.29 is 0 Å². The molecule has 0 aromatic carbocycles. The van der Waals surface area contributed by atoms with Crippen molar-refractivity contribution in [1.29, 1.82) is 0 Å². The third kappa shape index (κ3) is 2.73. The van der Waals surface area contributed by atoms with Gasteiger partial charge in [0.1, 0.15) is 5.03 Å². The number of halogens is 1. The Morgan fingerprint density at radius 2 is 2.17 bits per heavy atom. The molecule has 0 spiro atoms. The van der Waals surface area contributed by atoms with Crippen molar-refractivity contribution >= 4 is 23.4 Å². The molecule has 0 saturated heterocycles. The summed E-state index contributed by atoms with van der Waals surface area (Å²) >= 11 is 7.07. The fraction of sp³-hybridized carbons (Fsp3) is 0.400.